The highest BCUT2D eigenvalue weighted by Crippen LogP contribution is 2.29. The van der Waals surface area contributed by atoms with Crippen molar-refractivity contribution in [2.24, 2.45) is 0 Å². The second-order valence-corrected chi connectivity index (χ2v) is 6.09. The van der Waals surface area contributed by atoms with Gasteiger partial charge >= 0.3 is 0 Å². The zero-order valence-electron chi connectivity index (χ0n) is 12.2. The van der Waals surface area contributed by atoms with E-state index in [0.29, 0.717) is 18.2 Å². The third-order valence-corrected chi connectivity index (χ3v) is 3.88. The molecular weight excluding hydrogens is 262 g/mol. The number of nitrogens with one attached hydrogen (secondary N) is 1. The Balaban J connectivity index is 2.21. The highest BCUT2D eigenvalue weighted by molar-refractivity contribution is 5.52. The van der Waals surface area contributed by atoms with Gasteiger partial charge in [0.25, 0.3) is 0 Å². The van der Waals surface area contributed by atoms with Gasteiger partial charge in [-0.3, -0.25) is 0 Å². The van der Waals surface area contributed by atoms with Crippen LogP contribution in [-0.2, 0) is 6.54 Å². The molecule has 1 aliphatic carbocycles. The number of anilines is 1. The van der Waals surface area contributed by atoms with E-state index in [4.69, 9.17) is 0 Å². The van der Waals surface area contributed by atoms with Crippen LogP contribution in [0.5, 0.6) is 0 Å². The van der Waals surface area contributed by atoms with Crippen LogP contribution in [0.3, 0.4) is 0 Å². The minimum atomic E-state index is -0.727. The van der Waals surface area contributed by atoms with Gasteiger partial charge in [0.05, 0.1) is 12.1 Å². The van der Waals surface area contributed by atoms with Crippen molar-refractivity contribution in [2.75, 3.05) is 18.6 Å². The van der Waals surface area contributed by atoms with Gasteiger partial charge in [-0.05, 0) is 44.4 Å². The van der Waals surface area contributed by atoms with Crippen molar-refractivity contribution in [3.63, 3.8) is 0 Å². The number of rotatable bonds is 6. The molecule has 0 heterocycles. The number of halogens is 2. The van der Waals surface area contributed by atoms with E-state index in [2.05, 4.69) is 5.32 Å². The predicted molar refractivity (Wildman–Crippen MR) is 75.8 cm³/mol. The smallest absolute Gasteiger partial charge is 0.149 e. The summed E-state index contributed by atoms with van der Waals surface area (Å²) < 4.78 is 28.4. The SMILES string of the molecule is CN(c1c(F)cc(CNC2CC2)cc1F)C(C)(C)CO. The Kier molecular flexibility index (Phi) is 4.30. The molecule has 1 aromatic rings. The van der Waals surface area contributed by atoms with E-state index in [1.165, 1.54) is 17.0 Å². The van der Waals surface area contributed by atoms with Gasteiger partial charge in [-0.25, -0.2) is 8.78 Å². The Hall–Kier alpha value is -1.20. The molecule has 2 N–H and O–H groups in total. The lowest BCUT2D eigenvalue weighted by Crippen LogP contribution is -2.45. The first kappa shape index (κ1) is 15.2. The number of hydrogen-bond donors (Lipinski definition) is 2. The lowest BCUT2D eigenvalue weighted by molar-refractivity contribution is 0.215. The first-order valence-corrected chi connectivity index (χ1v) is 6.91. The largest absolute Gasteiger partial charge is 0.394 e. The average molecular weight is 284 g/mol. The van der Waals surface area contributed by atoms with Gasteiger partial charge < -0.3 is 15.3 Å². The standard InChI is InChI=1S/C15H22F2N2O/c1-15(2,9-20)19(3)14-12(16)6-10(7-13(14)17)8-18-11-4-5-11/h6-7,11,18,20H,4-5,8-9H2,1-3H3. The van der Waals surface area contributed by atoms with Crippen LogP contribution in [0, 0.1) is 11.6 Å². The highest BCUT2D eigenvalue weighted by atomic mass is 19.1. The first-order chi connectivity index (χ1) is 9.35. The third kappa shape index (κ3) is 3.27. The number of hydrogen-bond acceptors (Lipinski definition) is 3. The number of likely N-dealkylation sites (N-methyl/N-ethyl adjacent to an activating group) is 1. The van der Waals surface area contributed by atoms with E-state index >= 15 is 0 Å². The van der Waals surface area contributed by atoms with Crippen LogP contribution >= 0.6 is 0 Å². The molecule has 5 heteroatoms. The van der Waals surface area contributed by atoms with Crippen LogP contribution in [0.4, 0.5) is 14.5 Å². The van der Waals surface area contributed by atoms with Crippen molar-refractivity contribution in [3.8, 4) is 0 Å². The van der Waals surface area contributed by atoms with Crippen LogP contribution in [0.1, 0.15) is 32.3 Å². The van der Waals surface area contributed by atoms with Crippen molar-refractivity contribution in [2.45, 2.75) is 44.8 Å². The Labute approximate surface area is 118 Å². The molecule has 0 atom stereocenters. The molecule has 2 rings (SSSR count). The summed E-state index contributed by atoms with van der Waals surface area (Å²) in [5, 5.41) is 12.5. The molecule has 1 saturated carbocycles. The molecule has 0 bridgehead atoms. The molecule has 1 aromatic carbocycles. The lowest BCUT2D eigenvalue weighted by atomic mass is 10.0. The third-order valence-electron chi connectivity index (χ3n) is 3.88. The van der Waals surface area contributed by atoms with Crippen LogP contribution in [0.15, 0.2) is 12.1 Å². The van der Waals surface area contributed by atoms with Gasteiger partial charge in [0.1, 0.15) is 17.3 Å². The van der Waals surface area contributed by atoms with Crippen molar-refractivity contribution < 1.29 is 13.9 Å². The molecule has 112 valence electrons. The van der Waals surface area contributed by atoms with Gasteiger partial charge in [-0.15, -0.1) is 0 Å². The summed E-state index contributed by atoms with van der Waals surface area (Å²) >= 11 is 0. The maximum absolute atomic E-state index is 14.2. The van der Waals surface area contributed by atoms with Gasteiger partial charge in [-0.1, -0.05) is 0 Å². The molecule has 0 saturated heterocycles. The van der Waals surface area contributed by atoms with E-state index in [9.17, 15) is 13.9 Å². The fourth-order valence-corrected chi connectivity index (χ4v) is 2.00. The fourth-order valence-electron chi connectivity index (χ4n) is 2.00. The Morgan fingerprint density at radius 1 is 1.30 bits per heavy atom. The van der Waals surface area contributed by atoms with Crippen LogP contribution < -0.4 is 10.2 Å². The predicted octanol–water partition coefficient (Wildman–Crippen LogP) is 2.42. The second-order valence-electron chi connectivity index (χ2n) is 6.09. The van der Waals surface area contributed by atoms with Crippen molar-refractivity contribution >= 4 is 5.69 Å². The molecule has 20 heavy (non-hydrogen) atoms. The zero-order chi connectivity index (χ0) is 14.9. The van der Waals surface area contributed by atoms with Gasteiger partial charge in [0, 0.05) is 19.6 Å². The Morgan fingerprint density at radius 3 is 2.30 bits per heavy atom. The molecule has 0 radical (unpaired) electrons. The van der Waals surface area contributed by atoms with Gasteiger partial charge in [0.2, 0.25) is 0 Å². The Bertz CT molecular complexity index is 464. The summed E-state index contributed by atoms with van der Waals surface area (Å²) in [4.78, 5) is 1.44. The average Bonchev–Trinajstić information content (AvgIpc) is 3.19. The van der Waals surface area contributed by atoms with Crippen LogP contribution in [0.2, 0.25) is 0 Å². The van der Waals surface area contributed by atoms with E-state index in [-0.39, 0.29) is 12.3 Å². The zero-order valence-corrected chi connectivity index (χ0v) is 12.2. The van der Waals surface area contributed by atoms with Crippen LogP contribution in [-0.4, -0.2) is 30.3 Å². The Morgan fingerprint density at radius 2 is 1.85 bits per heavy atom. The molecule has 1 aliphatic rings. The van der Waals surface area contributed by atoms with Gasteiger partial charge in [-0.2, -0.15) is 0 Å². The molecule has 0 amide bonds. The van der Waals surface area contributed by atoms with E-state index in [1.54, 1.807) is 20.9 Å². The second kappa shape index (κ2) is 5.66. The molecule has 0 aromatic heterocycles. The number of aliphatic hydroxyl groups excluding tert-OH is 1. The summed E-state index contributed by atoms with van der Waals surface area (Å²) in [6.07, 6.45) is 2.27. The molecule has 1 fully saturated rings. The number of nitrogens with zero attached hydrogens (tertiary/aromatic N) is 1. The fraction of sp³-hybridized carbons (Fsp3) is 0.600. The van der Waals surface area contributed by atoms with Crippen molar-refractivity contribution in [1.29, 1.82) is 0 Å². The number of aliphatic hydroxyl groups is 1. The molecule has 0 spiro atoms. The first-order valence-electron chi connectivity index (χ1n) is 6.91. The van der Waals surface area contributed by atoms with E-state index in [0.717, 1.165) is 12.8 Å². The summed E-state index contributed by atoms with van der Waals surface area (Å²) in [6.45, 7) is 3.75. The molecular formula is C15H22F2N2O. The van der Waals surface area contributed by atoms with Gasteiger partial charge in [0.15, 0.2) is 0 Å². The van der Waals surface area contributed by atoms with Crippen molar-refractivity contribution in [1.82, 2.24) is 5.32 Å². The quantitative estimate of drug-likeness (QED) is 0.842. The maximum atomic E-state index is 14.2. The highest BCUT2D eigenvalue weighted by Gasteiger charge is 2.28. The molecule has 0 unspecified atom stereocenters. The van der Waals surface area contributed by atoms with E-state index < -0.39 is 17.2 Å². The van der Waals surface area contributed by atoms with E-state index in [1.807, 2.05) is 0 Å². The van der Waals surface area contributed by atoms with Crippen molar-refractivity contribution in [3.05, 3.63) is 29.3 Å². The molecule has 3 nitrogen and oxygen atoms in total. The topological polar surface area (TPSA) is 35.5 Å². The molecule has 0 aliphatic heterocycles. The maximum Gasteiger partial charge on any atom is 0.149 e. The number of benzene rings is 1. The summed E-state index contributed by atoms with van der Waals surface area (Å²) in [5.41, 5.74) is -0.222. The summed E-state index contributed by atoms with van der Waals surface area (Å²) in [5.74, 6) is -1.19. The summed E-state index contributed by atoms with van der Waals surface area (Å²) in [7, 11) is 1.58. The minimum Gasteiger partial charge on any atom is -0.394 e. The lowest BCUT2D eigenvalue weighted by Gasteiger charge is -2.36. The monoisotopic (exact) mass is 284 g/mol. The van der Waals surface area contributed by atoms with Crippen LogP contribution in [0.25, 0.3) is 0 Å². The summed E-state index contributed by atoms with van der Waals surface area (Å²) in [6, 6.07) is 3.21. The normalized spacial score (nSPS) is 15.5. The minimum absolute atomic E-state index is 0.0979.